The molecule has 3 heteroatoms. The monoisotopic (exact) mass is 216 g/mol. The third-order valence-corrected chi connectivity index (χ3v) is 4.64. The van der Waals surface area contributed by atoms with Gasteiger partial charge in [-0.25, -0.2) is 0 Å². The lowest BCUT2D eigenvalue weighted by atomic mass is 10.0. The van der Waals surface area contributed by atoms with E-state index >= 15 is 0 Å². The van der Waals surface area contributed by atoms with Crippen molar-refractivity contribution in [2.24, 2.45) is 17.8 Å². The number of nitrogens with zero attached hydrogens (tertiary/aromatic N) is 1. The van der Waals surface area contributed by atoms with Crippen LogP contribution in [0, 0.1) is 17.8 Å². The number of aromatic amines is 1. The molecule has 1 N–H and O–H groups in total. The number of rotatable bonds is 3. The number of ketones is 1. The van der Waals surface area contributed by atoms with Crippen LogP contribution in [0.2, 0.25) is 0 Å². The van der Waals surface area contributed by atoms with Crippen LogP contribution in [0.25, 0.3) is 0 Å². The minimum absolute atomic E-state index is 0.109. The predicted octanol–water partition coefficient (Wildman–Crippen LogP) is 2.30. The first kappa shape index (κ1) is 8.97. The molecule has 1 aromatic heterocycles. The summed E-state index contributed by atoms with van der Waals surface area (Å²) < 4.78 is 0. The highest BCUT2D eigenvalue weighted by molar-refractivity contribution is 5.94. The molecule has 0 bridgehead atoms. The summed E-state index contributed by atoms with van der Waals surface area (Å²) in [5, 5.41) is 7.28. The first-order chi connectivity index (χ1) is 7.75. The van der Waals surface area contributed by atoms with Crippen LogP contribution in [0.3, 0.4) is 0 Å². The highest BCUT2D eigenvalue weighted by Crippen LogP contribution is 2.64. The number of fused-ring (bicyclic) bond motifs is 3. The van der Waals surface area contributed by atoms with Crippen molar-refractivity contribution in [2.75, 3.05) is 0 Å². The van der Waals surface area contributed by atoms with Gasteiger partial charge >= 0.3 is 0 Å². The van der Waals surface area contributed by atoms with Gasteiger partial charge in [-0.05, 0) is 30.6 Å². The average molecular weight is 216 g/mol. The van der Waals surface area contributed by atoms with Gasteiger partial charge in [-0.2, -0.15) is 5.10 Å². The lowest BCUT2D eigenvalue weighted by Gasteiger charge is -2.02. The van der Waals surface area contributed by atoms with Crippen molar-refractivity contribution in [2.45, 2.75) is 38.5 Å². The quantitative estimate of drug-likeness (QED) is 0.788. The van der Waals surface area contributed by atoms with Gasteiger partial charge < -0.3 is 0 Å². The Morgan fingerprint density at radius 3 is 3.00 bits per heavy atom. The van der Waals surface area contributed by atoms with E-state index in [9.17, 15) is 4.79 Å². The molecular formula is C13H16N2O. The fourth-order valence-electron chi connectivity index (χ4n) is 3.60. The molecule has 1 aromatic rings. The van der Waals surface area contributed by atoms with Crippen molar-refractivity contribution in [3.63, 3.8) is 0 Å². The lowest BCUT2D eigenvalue weighted by Crippen LogP contribution is -2.00. The first-order valence-corrected chi connectivity index (χ1v) is 6.33. The van der Waals surface area contributed by atoms with Crippen LogP contribution >= 0.6 is 0 Å². The van der Waals surface area contributed by atoms with Gasteiger partial charge in [-0.3, -0.25) is 9.89 Å². The zero-order valence-electron chi connectivity index (χ0n) is 9.49. The molecule has 4 rings (SSSR count). The van der Waals surface area contributed by atoms with Crippen LogP contribution in [-0.4, -0.2) is 16.0 Å². The minimum Gasteiger partial charge on any atom is -0.293 e. The summed E-state index contributed by atoms with van der Waals surface area (Å²) in [7, 11) is 0. The zero-order valence-corrected chi connectivity index (χ0v) is 9.49. The maximum atomic E-state index is 11.4. The molecule has 2 fully saturated rings. The topological polar surface area (TPSA) is 45.8 Å². The Balaban J connectivity index is 1.60. The Bertz CT molecular complexity index is 472. The maximum Gasteiger partial charge on any atom is 0.180 e. The molecule has 2 saturated carbocycles. The molecule has 0 spiro atoms. The smallest absolute Gasteiger partial charge is 0.180 e. The Morgan fingerprint density at radius 2 is 2.31 bits per heavy atom. The molecule has 84 valence electrons. The third kappa shape index (κ3) is 1.09. The molecule has 0 amide bonds. The molecule has 0 saturated heterocycles. The number of aromatic nitrogens is 2. The van der Waals surface area contributed by atoms with Gasteiger partial charge in [0.15, 0.2) is 5.78 Å². The number of H-pyrrole nitrogens is 1. The van der Waals surface area contributed by atoms with Gasteiger partial charge in [0.25, 0.3) is 0 Å². The van der Waals surface area contributed by atoms with E-state index < -0.39 is 0 Å². The van der Waals surface area contributed by atoms with E-state index in [1.165, 1.54) is 30.5 Å². The Hall–Kier alpha value is -1.12. The van der Waals surface area contributed by atoms with Crippen LogP contribution in [0.15, 0.2) is 0 Å². The van der Waals surface area contributed by atoms with E-state index in [1.54, 1.807) is 6.92 Å². The van der Waals surface area contributed by atoms with E-state index in [1.807, 2.05) is 0 Å². The number of hydrogen-bond donors (Lipinski definition) is 1. The van der Waals surface area contributed by atoms with Gasteiger partial charge in [0.05, 0.1) is 0 Å². The zero-order chi connectivity index (χ0) is 10.9. The SMILES string of the molecule is CC(=O)c1n[nH]c2c1CC1C(CC3CC3)C21. The normalized spacial score (nSPS) is 34.7. The summed E-state index contributed by atoms with van der Waals surface area (Å²) >= 11 is 0. The number of Topliss-reactive ketones (excluding diaryl/α,β-unsaturated/α-hetero) is 1. The van der Waals surface area contributed by atoms with E-state index in [4.69, 9.17) is 0 Å². The fraction of sp³-hybridized carbons (Fsp3) is 0.692. The Labute approximate surface area is 94.6 Å². The van der Waals surface area contributed by atoms with Gasteiger partial charge in [-0.15, -0.1) is 0 Å². The van der Waals surface area contributed by atoms with Gasteiger partial charge in [0.2, 0.25) is 0 Å². The summed E-state index contributed by atoms with van der Waals surface area (Å²) in [5.41, 5.74) is 3.22. The summed E-state index contributed by atoms with van der Waals surface area (Å²) in [6, 6.07) is 0. The van der Waals surface area contributed by atoms with Crippen LogP contribution < -0.4 is 0 Å². The van der Waals surface area contributed by atoms with E-state index in [0.29, 0.717) is 5.69 Å². The molecule has 0 radical (unpaired) electrons. The number of carbonyl (C=O) groups is 1. The van der Waals surface area contributed by atoms with Crippen LogP contribution in [0.1, 0.15) is 53.8 Å². The summed E-state index contributed by atoms with van der Waals surface area (Å²) in [6.07, 6.45) is 5.42. The van der Waals surface area contributed by atoms with Gasteiger partial charge in [0, 0.05) is 24.1 Å². The van der Waals surface area contributed by atoms with Crippen molar-refractivity contribution >= 4 is 5.78 Å². The molecular weight excluding hydrogens is 200 g/mol. The minimum atomic E-state index is 0.109. The highest BCUT2D eigenvalue weighted by atomic mass is 16.1. The van der Waals surface area contributed by atoms with E-state index in [0.717, 1.165) is 30.1 Å². The molecule has 3 unspecified atom stereocenters. The van der Waals surface area contributed by atoms with Gasteiger partial charge in [0.1, 0.15) is 5.69 Å². The predicted molar refractivity (Wildman–Crippen MR) is 59.4 cm³/mol. The fourth-order valence-corrected chi connectivity index (χ4v) is 3.60. The standard InChI is InChI=1S/C13H16N2O/c1-6(16)12-10-5-9-8(4-7-2-3-7)11(9)13(10)15-14-12/h7-9,11H,2-5H2,1H3,(H,14,15). The summed E-state index contributed by atoms with van der Waals surface area (Å²) in [4.78, 5) is 11.4. The van der Waals surface area contributed by atoms with Crippen molar-refractivity contribution in [1.82, 2.24) is 10.2 Å². The van der Waals surface area contributed by atoms with Crippen LogP contribution in [0.5, 0.6) is 0 Å². The second-order valence-corrected chi connectivity index (χ2v) is 5.76. The molecule has 3 aliphatic carbocycles. The van der Waals surface area contributed by atoms with E-state index in [-0.39, 0.29) is 5.78 Å². The molecule has 3 nitrogen and oxygen atoms in total. The van der Waals surface area contributed by atoms with Crippen molar-refractivity contribution in [1.29, 1.82) is 0 Å². The second-order valence-electron chi connectivity index (χ2n) is 5.76. The molecule has 16 heavy (non-hydrogen) atoms. The van der Waals surface area contributed by atoms with Crippen LogP contribution in [-0.2, 0) is 6.42 Å². The number of hydrogen-bond acceptors (Lipinski definition) is 2. The van der Waals surface area contributed by atoms with Crippen molar-refractivity contribution in [3.8, 4) is 0 Å². The van der Waals surface area contributed by atoms with Crippen molar-refractivity contribution < 1.29 is 4.79 Å². The number of nitrogens with one attached hydrogen (secondary N) is 1. The molecule has 0 aromatic carbocycles. The molecule has 3 aliphatic rings. The molecule has 1 heterocycles. The highest BCUT2D eigenvalue weighted by Gasteiger charge is 2.58. The Kier molecular flexibility index (Phi) is 1.55. The molecule has 0 aliphatic heterocycles. The maximum absolute atomic E-state index is 11.4. The average Bonchev–Trinajstić information content (AvgIpc) is 3.07. The van der Waals surface area contributed by atoms with Gasteiger partial charge in [-0.1, -0.05) is 12.8 Å². The first-order valence-electron chi connectivity index (χ1n) is 6.33. The third-order valence-electron chi connectivity index (χ3n) is 4.64. The lowest BCUT2D eigenvalue weighted by molar-refractivity contribution is 0.101. The number of carbonyl (C=O) groups excluding carboxylic acids is 1. The summed E-state index contributed by atoms with van der Waals surface area (Å²) in [6.45, 7) is 1.61. The van der Waals surface area contributed by atoms with Crippen LogP contribution in [0.4, 0.5) is 0 Å². The second kappa shape index (κ2) is 2.76. The molecule has 3 atom stereocenters. The summed E-state index contributed by atoms with van der Waals surface area (Å²) in [5.74, 6) is 3.59. The Morgan fingerprint density at radius 1 is 1.50 bits per heavy atom. The largest absolute Gasteiger partial charge is 0.293 e. The van der Waals surface area contributed by atoms with E-state index in [2.05, 4.69) is 10.2 Å². The van der Waals surface area contributed by atoms with Crippen molar-refractivity contribution in [3.05, 3.63) is 17.0 Å².